The van der Waals surface area contributed by atoms with E-state index >= 15 is 0 Å². The molecule has 0 bridgehead atoms. The van der Waals surface area contributed by atoms with Crippen molar-refractivity contribution in [3.63, 3.8) is 0 Å². The first kappa shape index (κ1) is 17.0. The number of hydrogen-bond donors (Lipinski definition) is 1. The summed E-state index contributed by atoms with van der Waals surface area (Å²) in [7, 11) is 0. The number of aryl methyl sites for hydroxylation is 1. The number of benzene rings is 1. The highest BCUT2D eigenvalue weighted by Gasteiger charge is 2.24. The molecule has 5 heteroatoms. The van der Waals surface area contributed by atoms with Crippen LogP contribution in [0.3, 0.4) is 0 Å². The number of hydrogen-bond acceptors (Lipinski definition) is 3. The highest BCUT2D eigenvalue weighted by Crippen LogP contribution is 2.27. The van der Waals surface area contributed by atoms with Gasteiger partial charge in [-0.25, -0.2) is 4.98 Å². The van der Waals surface area contributed by atoms with Gasteiger partial charge in [-0.2, -0.15) is 0 Å². The minimum atomic E-state index is -0.216. The summed E-state index contributed by atoms with van der Waals surface area (Å²) in [5.41, 5.74) is 1.94. The number of carbonyl (C=O) groups excluding carboxylic acids is 1. The molecule has 2 rings (SSSR count). The summed E-state index contributed by atoms with van der Waals surface area (Å²) in [4.78, 5) is 16.5. The van der Waals surface area contributed by atoms with Crippen molar-refractivity contribution < 1.29 is 4.79 Å². The Morgan fingerprint density at radius 1 is 1.32 bits per heavy atom. The zero-order valence-corrected chi connectivity index (χ0v) is 14.7. The quantitative estimate of drug-likeness (QED) is 0.861. The van der Waals surface area contributed by atoms with Crippen LogP contribution in [-0.2, 0) is 16.6 Å². The molecule has 0 aliphatic heterocycles. The predicted molar refractivity (Wildman–Crippen MR) is 92.7 cm³/mol. The van der Waals surface area contributed by atoms with Crippen molar-refractivity contribution in [2.75, 3.05) is 6.54 Å². The molecule has 1 N–H and O–H groups in total. The van der Waals surface area contributed by atoms with Crippen LogP contribution in [0.1, 0.15) is 36.5 Å². The molecule has 1 heterocycles. The van der Waals surface area contributed by atoms with E-state index in [1.807, 2.05) is 36.6 Å². The van der Waals surface area contributed by atoms with Crippen LogP contribution in [0.5, 0.6) is 0 Å². The molecule has 1 aromatic carbocycles. The second-order valence-corrected chi connectivity index (χ2v) is 7.52. The molecule has 0 unspecified atom stereocenters. The van der Waals surface area contributed by atoms with Crippen LogP contribution in [0.25, 0.3) is 0 Å². The summed E-state index contributed by atoms with van der Waals surface area (Å²) in [6, 6.07) is 7.68. The van der Waals surface area contributed by atoms with Crippen molar-refractivity contribution in [1.29, 1.82) is 0 Å². The fourth-order valence-electron chi connectivity index (χ4n) is 2.32. The van der Waals surface area contributed by atoms with Crippen molar-refractivity contribution in [3.05, 3.63) is 50.9 Å². The van der Waals surface area contributed by atoms with E-state index in [-0.39, 0.29) is 11.3 Å². The fourth-order valence-corrected chi connectivity index (χ4v) is 3.09. The van der Waals surface area contributed by atoms with Gasteiger partial charge in [-0.05, 0) is 30.0 Å². The van der Waals surface area contributed by atoms with E-state index < -0.39 is 0 Å². The number of thiazole rings is 1. The molecule has 0 aliphatic carbocycles. The van der Waals surface area contributed by atoms with Gasteiger partial charge in [0.1, 0.15) is 0 Å². The summed E-state index contributed by atoms with van der Waals surface area (Å²) >= 11 is 7.55. The minimum Gasteiger partial charge on any atom is -0.356 e. The Hall–Kier alpha value is -1.39. The maximum Gasteiger partial charge on any atom is 0.220 e. The Morgan fingerprint density at radius 3 is 2.59 bits per heavy atom. The van der Waals surface area contributed by atoms with E-state index in [1.165, 1.54) is 0 Å². The molecule has 2 aromatic rings. The minimum absolute atomic E-state index is 0.0619. The Balaban J connectivity index is 1.83. The highest BCUT2D eigenvalue weighted by atomic mass is 35.5. The van der Waals surface area contributed by atoms with Gasteiger partial charge in [-0.3, -0.25) is 4.79 Å². The van der Waals surface area contributed by atoms with Gasteiger partial charge in [0, 0.05) is 29.8 Å². The number of amides is 1. The molecule has 1 amide bonds. The van der Waals surface area contributed by atoms with E-state index in [4.69, 9.17) is 11.6 Å². The third-order valence-corrected chi connectivity index (χ3v) is 4.67. The largest absolute Gasteiger partial charge is 0.356 e. The Kier molecular flexibility index (Phi) is 5.59. The zero-order chi connectivity index (χ0) is 16.2. The van der Waals surface area contributed by atoms with Crippen LogP contribution >= 0.6 is 22.9 Å². The zero-order valence-electron chi connectivity index (χ0n) is 13.1. The van der Waals surface area contributed by atoms with Crippen LogP contribution in [-0.4, -0.2) is 17.4 Å². The third-order valence-electron chi connectivity index (χ3n) is 3.60. The number of halogens is 1. The average Bonchev–Trinajstić information content (AvgIpc) is 2.84. The van der Waals surface area contributed by atoms with Crippen LogP contribution in [0, 0.1) is 6.92 Å². The van der Waals surface area contributed by atoms with Gasteiger partial charge in [-0.15, -0.1) is 11.3 Å². The molecule has 1 aromatic heterocycles. The molecule has 0 fully saturated rings. The van der Waals surface area contributed by atoms with Gasteiger partial charge >= 0.3 is 0 Å². The van der Waals surface area contributed by atoms with Gasteiger partial charge in [0.25, 0.3) is 0 Å². The predicted octanol–water partition coefficient (Wildman–Crippen LogP) is 4.13. The SMILES string of the molecule is Cc1nc(CCNC(=O)CC(C)(C)c2ccc(Cl)cc2)cs1. The smallest absolute Gasteiger partial charge is 0.220 e. The lowest BCUT2D eigenvalue weighted by Crippen LogP contribution is -2.32. The van der Waals surface area contributed by atoms with Gasteiger partial charge in [0.15, 0.2) is 0 Å². The lowest BCUT2D eigenvalue weighted by Gasteiger charge is -2.24. The summed E-state index contributed by atoms with van der Waals surface area (Å²) in [5.74, 6) is 0.0619. The molecule has 22 heavy (non-hydrogen) atoms. The van der Waals surface area contributed by atoms with Gasteiger partial charge in [0.2, 0.25) is 5.91 Å². The van der Waals surface area contributed by atoms with Gasteiger partial charge in [-0.1, -0.05) is 37.6 Å². The van der Waals surface area contributed by atoms with Crippen molar-refractivity contribution in [1.82, 2.24) is 10.3 Å². The second kappa shape index (κ2) is 7.25. The number of aromatic nitrogens is 1. The van der Waals surface area contributed by atoms with Crippen LogP contribution in [0.4, 0.5) is 0 Å². The normalized spacial score (nSPS) is 11.5. The van der Waals surface area contributed by atoms with Crippen molar-refractivity contribution >= 4 is 28.8 Å². The fraction of sp³-hybridized carbons (Fsp3) is 0.412. The highest BCUT2D eigenvalue weighted by molar-refractivity contribution is 7.09. The Labute approximate surface area is 140 Å². The lowest BCUT2D eigenvalue weighted by atomic mass is 9.81. The first-order valence-electron chi connectivity index (χ1n) is 7.30. The first-order valence-corrected chi connectivity index (χ1v) is 8.56. The van der Waals surface area contributed by atoms with Crippen LogP contribution in [0.15, 0.2) is 29.6 Å². The van der Waals surface area contributed by atoms with Crippen molar-refractivity contribution in [2.45, 2.75) is 39.0 Å². The molecule has 0 spiro atoms. The average molecular weight is 337 g/mol. The number of rotatable bonds is 6. The maximum atomic E-state index is 12.1. The summed E-state index contributed by atoms with van der Waals surface area (Å²) in [6.07, 6.45) is 1.22. The van der Waals surface area contributed by atoms with E-state index in [2.05, 4.69) is 24.1 Å². The topological polar surface area (TPSA) is 42.0 Å². The molecule has 0 saturated heterocycles. The molecule has 0 saturated carbocycles. The molecule has 118 valence electrons. The molecule has 0 atom stereocenters. The number of nitrogens with one attached hydrogen (secondary N) is 1. The van der Waals surface area contributed by atoms with Crippen LogP contribution in [0.2, 0.25) is 5.02 Å². The molecule has 0 radical (unpaired) electrons. The van der Waals surface area contributed by atoms with E-state index in [0.29, 0.717) is 18.0 Å². The third kappa shape index (κ3) is 4.82. The van der Waals surface area contributed by atoms with Crippen molar-refractivity contribution in [2.24, 2.45) is 0 Å². The summed E-state index contributed by atoms with van der Waals surface area (Å²) in [5, 5.41) is 6.79. The first-order chi connectivity index (χ1) is 10.4. The van der Waals surface area contributed by atoms with Gasteiger partial charge in [0.05, 0.1) is 10.7 Å². The van der Waals surface area contributed by atoms with E-state index in [0.717, 1.165) is 22.7 Å². The summed E-state index contributed by atoms with van der Waals surface area (Å²) in [6.45, 7) is 6.75. The van der Waals surface area contributed by atoms with E-state index in [1.54, 1.807) is 11.3 Å². The molecule has 3 nitrogen and oxygen atoms in total. The lowest BCUT2D eigenvalue weighted by molar-refractivity contribution is -0.122. The molecular weight excluding hydrogens is 316 g/mol. The van der Waals surface area contributed by atoms with Gasteiger partial charge < -0.3 is 5.32 Å². The molecular formula is C17H21ClN2OS. The Bertz CT molecular complexity index is 634. The summed E-state index contributed by atoms with van der Waals surface area (Å²) < 4.78 is 0. The standard InChI is InChI=1S/C17H21ClN2OS/c1-12-20-15(11-22-12)8-9-19-16(21)10-17(2,3)13-4-6-14(18)7-5-13/h4-7,11H,8-10H2,1-3H3,(H,19,21). The number of nitrogens with zero attached hydrogens (tertiary/aromatic N) is 1. The number of carbonyl (C=O) groups is 1. The second-order valence-electron chi connectivity index (χ2n) is 6.03. The van der Waals surface area contributed by atoms with Crippen molar-refractivity contribution in [3.8, 4) is 0 Å². The van der Waals surface area contributed by atoms with Crippen LogP contribution < -0.4 is 5.32 Å². The maximum absolute atomic E-state index is 12.1. The monoisotopic (exact) mass is 336 g/mol. The molecule has 0 aliphatic rings. The Morgan fingerprint density at radius 2 is 2.00 bits per heavy atom. The van der Waals surface area contributed by atoms with E-state index in [9.17, 15) is 4.79 Å².